The lowest BCUT2D eigenvalue weighted by Gasteiger charge is -2.37. The molecular formula is C18H22Cl2N4O2S. The molecule has 1 unspecified atom stereocenters. The van der Waals surface area contributed by atoms with E-state index in [0.717, 1.165) is 25.2 Å². The predicted octanol–water partition coefficient (Wildman–Crippen LogP) is 3.16. The molecule has 0 spiro atoms. The maximum atomic E-state index is 11.2. The Hall–Kier alpha value is -1.25. The van der Waals surface area contributed by atoms with Crippen LogP contribution in [0.5, 0.6) is 0 Å². The zero-order valence-corrected chi connectivity index (χ0v) is 17.3. The topological polar surface area (TPSA) is 57.2 Å². The van der Waals surface area contributed by atoms with E-state index in [1.165, 1.54) is 18.9 Å². The number of benzene rings is 1. The van der Waals surface area contributed by atoms with Crippen LogP contribution in [0.4, 0.5) is 0 Å². The summed E-state index contributed by atoms with van der Waals surface area (Å²) in [6, 6.07) is 5.74. The van der Waals surface area contributed by atoms with Gasteiger partial charge in [-0.3, -0.25) is 19.4 Å². The summed E-state index contributed by atoms with van der Waals surface area (Å²) in [6.07, 6.45) is 5.67. The Kier molecular flexibility index (Phi) is 7.43. The highest BCUT2D eigenvalue weighted by Gasteiger charge is 2.26. The van der Waals surface area contributed by atoms with Crippen LogP contribution >= 0.6 is 35.1 Å². The Bertz CT molecular complexity index is 731. The zero-order chi connectivity index (χ0) is 19.2. The smallest absolute Gasteiger partial charge is 0.226 e. The van der Waals surface area contributed by atoms with Crippen LogP contribution in [0.3, 0.4) is 0 Å². The molecule has 27 heavy (non-hydrogen) atoms. The lowest BCUT2D eigenvalue weighted by molar-refractivity contribution is -0.117. The number of hydrogen-bond acceptors (Lipinski definition) is 6. The number of carbonyl (C=O) groups is 1. The lowest BCUT2D eigenvalue weighted by atomic mass is 10.2. The third kappa shape index (κ3) is 6.12. The number of aliphatic imine (C=N–C) groups is 1. The van der Waals surface area contributed by atoms with Crippen LogP contribution in [0.15, 0.2) is 35.5 Å². The molecule has 1 aromatic rings. The Morgan fingerprint density at radius 1 is 1.41 bits per heavy atom. The molecule has 2 aliphatic rings. The molecule has 1 N–H and O–H groups in total. The van der Waals surface area contributed by atoms with Crippen molar-refractivity contribution in [1.29, 1.82) is 0 Å². The molecule has 6 nitrogen and oxygen atoms in total. The van der Waals surface area contributed by atoms with Gasteiger partial charge in [0.05, 0.1) is 22.8 Å². The summed E-state index contributed by atoms with van der Waals surface area (Å²) in [5.74, 6) is -0.0913. The largest absolute Gasteiger partial charge is 0.374 e. The fourth-order valence-electron chi connectivity index (χ4n) is 2.98. The van der Waals surface area contributed by atoms with Crippen molar-refractivity contribution in [1.82, 2.24) is 14.5 Å². The molecule has 3 rings (SSSR count). The van der Waals surface area contributed by atoms with Crippen molar-refractivity contribution in [2.24, 2.45) is 4.99 Å². The van der Waals surface area contributed by atoms with Gasteiger partial charge in [-0.25, -0.2) is 0 Å². The van der Waals surface area contributed by atoms with Gasteiger partial charge in [-0.15, -0.1) is 0 Å². The fraction of sp³-hybridized carbons (Fsp3) is 0.444. The molecule has 146 valence electrons. The van der Waals surface area contributed by atoms with E-state index >= 15 is 0 Å². The number of carbonyl (C=O) groups excluding carboxylic acids is 1. The van der Waals surface area contributed by atoms with Crippen molar-refractivity contribution in [3.63, 3.8) is 0 Å². The molecule has 1 aromatic carbocycles. The summed E-state index contributed by atoms with van der Waals surface area (Å²) < 4.78 is 8.70. The number of nitrogens with one attached hydrogen (secondary N) is 1. The van der Waals surface area contributed by atoms with Gasteiger partial charge in [0.25, 0.3) is 0 Å². The van der Waals surface area contributed by atoms with Gasteiger partial charge in [0, 0.05) is 57.5 Å². The number of halogens is 2. The molecule has 1 amide bonds. The normalized spacial score (nSPS) is 22.9. The Labute approximate surface area is 173 Å². The second kappa shape index (κ2) is 9.80. The van der Waals surface area contributed by atoms with Gasteiger partial charge in [-0.05, 0) is 23.8 Å². The summed E-state index contributed by atoms with van der Waals surface area (Å²) in [6.45, 7) is 5.35. The summed E-state index contributed by atoms with van der Waals surface area (Å²) in [7, 11) is 0. The molecule has 2 atom stereocenters. The minimum atomic E-state index is -0.187. The van der Waals surface area contributed by atoms with E-state index in [-0.39, 0.29) is 17.5 Å². The maximum absolute atomic E-state index is 11.2. The number of hydrogen-bond donors (Lipinski definition) is 1. The Morgan fingerprint density at radius 2 is 2.26 bits per heavy atom. The quantitative estimate of drug-likeness (QED) is 0.705. The number of amides is 1. The number of ether oxygens (including phenoxy) is 1. The monoisotopic (exact) mass is 428 g/mol. The molecule has 2 heterocycles. The van der Waals surface area contributed by atoms with Gasteiger partial charge in [-0.2, -0.15) is 0 Å². The van der Waals surface area contributed by atoms with Crippen LogP contribution in [-0.4, -0.2) is 59.8 Å². The average molecular weight is 429 g/mol. The van der Waals surface area contributed by atoms with E-state index in [1.54, 1.807) is 6.21 Å². The summed E-state index contributed by atoms with van der Waals surface area (Å²) >= 11 is 13.4. The highest BCUT2D eigenvalue weighted by Crippen LogP contribution is 2.24. The summed E-state index contributed by atoms with van der Waals surface area (Å²) in [4.78, 5) is 20.0. The van der Waals surface area contributed by atoms with E-state index in [4.69, 9.17) is 27.9 Å². The first-order chi connectivity index (χ1) is 13.0. The van der Waals surface area contributed by atoms with Crippen LogP contribution < -0.4 is 4.72 Å². The van der Waals surface area contributed by atoms with Crippen molar-refractivity contribution >= 4 is 47.3 Å². The van der Waals surface area contributed by atoms with Gasteiger partial charge in [0.15, 0.2) is 5.50 Å². The van der Waals surface area contributed by atoms with Gasteiger partial charge < -0.3 is 9.64 Å². The maximum Gasteiger partial charge on any atom is 0.226 e. The third-order valence-corrected chi connectivity index (χ3v) is 5.94. The Morgan fingerprint density at radius 3 is 3.04 bits per heavy atom. The van der Waals surface area contributed by atoms with Crippen molar-refractivity contribution in [2.75, 3.05) is 26.2 Å². The minimum absolute atomic E-state index is 0.0555. The van der Waals surface area contributed by atoms with Crippen LogP contribution in [0.2, 0.25) is 10.0 Å². The molecule has 1 saturated heterocycles. The lowest BCUT2D eigenvalue weighted by Crippen LogP contribution is -2.48. The second-order valence-electron chi connectivity index (χ2n) is 6.42. The molecule has 0 aliphatic carbocycles. The van der Waals surface area contributed by atoms with Gasteiger partial charge >= 0.3 is 0 Å². The average Bonchev–Trinajstić information content (AvgIpc) is 2.64. The van der Waals surface area contributed by atoms with Crippen LogP contribution in [0.25, 0.3) is 0 Å². The predicted molar refractivity (Wildman–Crippen MR) is 111 cm³/mol. The molecule has 0 aromatic heterocycles. The van der Waals surface area contributed by atoms with E-state index in [2.05, 4.69) is 19.5 Å². The van der Waals surface area contributed by atoms with Crippen molar-refractivity contribution in [2.45, 2.75) is 25.1 Å². The van der Waals surface area contributed by atoms with E-state index in [1.807, 2.05) is 30.5 Å². The van der Waals surface area contributed by atoms with E-state index in [9.17, 15) is 4.79 Å². The van der Waals surface area contributed by atoms with Crippen LogP contribution in [-0.2, 0) is 16.1 Å². The van der Waals surface area contributed by atoms with Crippen LogP contribution in [0.1, 0.15) is 12.5 Å². The molecule has 0 bridgehead atoms. The zero-order valence-electron chi connectivity index (χ0n) is 15.0. The van der Waals surface area contributed by atoms with Crippen molar-refractivity contribution in [3.8, 4) is 0 Å². The first-order valence-electron chi connectivity index (χ1n) is 8.67. The number of nitrogens with zero attached hydrogens (tertiary/aromatic N) is 3. The van der Waals surface area contributed by atoms with Gasteiger partial charge in [0.1, 0.15) is 0 Å². The SMILES string of the molecule is CC(=O)NS[C@@H]1N=CC=CN1CC1CN(Cc2ccc(Cl)c(Cl)c2)CCO1. The third-order valence-electron chi connectivity index (χ3n) is 4.20. The van der Waals surface area contributed by atoms with E-state index in [0.29, 0.717) is 23.2 Å². The number of morpholine rings is 1. The standard InChI is InChI=1S/C18H22Cl2N4O2S/c1-13(25)22-27-18-21-5-2-6-24(18)12-15-11-23(7-8-26-15)10-14-3-4-16(19)17(20)9-14/h2-6,9,15,18H,7-8,10-12H2,1H3,(H,22,25)/t15?,18-/m1/s1. The summed E-state index contributed by atoms with van der Waals surface area (Å²) in [5.41, 5.74) is 0.944. The fourth-order valence-corrected chi connectivity index (χ4v) is 4.00. The molecule has 0 saturated carbocycles. The first-order valence-corrected chi connectivity index (χ1v) is 10.3. The van der Waals surface area contributed by atoms with Gasteiger partial charge in [0.2, 0.25) is 5.91 Å². The molecule has 2 aliphatic heterocycles. The minimum Gasteiger partial charge on any atom is -0.374 e. The number of rotatable bonds is 6. The highest BCUT2D eigenvalue weighted by molar-refractivity contribution is 7.98. The highest BCUT2D eigenvalue weighted by atomic mass is 35.5. The second-order valence-corrected chi connectivity index (χ2v) is 8.09. The first kappa shape index (κ1) is 20.5. The number of allylic oxidation sites excluding steroid dienone is 1. The Balaban J connectivity index is 1.55. The van der Waals surface area contributed by atoms with Crippen molar-refractivity contribution in [3.05, 3.63) is 46.1 Å². The van der Waals surface area contributed by atoms with Gasteiger partial charge in [-0.1, -0.05) is 29.3 Å². The molecule has 9 heteroatoms. The van der Waals surface area contributed by atoms with Crippen molar-refractivity contribution < 1.29 is 9.53 Å². The van der Waals surface area contributed by atoms with E-state index < -0.39 is 0 Å². The van der Waals surface area contributed by atoms with Crippen LogP contribution in [0, 0.1) is 0 Å². The molecule has 1 fully saturated rings. The molecule has 0 radical (unpaired) electrons. The molecular weight excluding hydrogens is 407 g/mol. The summed E-state index contributed by atoms with van der Waals surface area (Å²) in [5, 5.41) is 1.15.